The zero-order valence-electron chi connectivity index (χ0n) is 12.8. The molecule has 0 aliphatic heterocycles. The van der Waals surface area contributed by atoms with Gasteiger partial charge in [-0.3, -0.25) is 14.3 Å². The van der Waals surface area contributed by atoms with Gasteiger partial charge in [0.05, 0.1) is 17.9 Å². The summed E-state index contributed by atoms with van der Waals surface area (Å²) in [6.07, 6.45) is 3.36. The minimum atomic E-state index is -3.39. The maximum atomic E-state index is 12.3. The van der Waals surface area contributed by atoms with Gasteiger partial charge in [-0.2, -0.15) is 0 Å². The molecule has 0 aromatic heterocycles. The Labute approximate surface area is 135 Å². The van der Waals surface area contributed by atoms with E-state index in [1.807, 2.05) is 0 Å². The standard InChI is InChI=1S/C15H20N2O5S/c1-23(21,22)17-13-7-3-6-12(9-13)16-14(18)10-4-2-5-11(8-10)15(19)20/h3,6-7,9-11,17H,2,4-5,8H2,1H3,(H,16,18)(H,19,20). The van der Waals surface area contributed by atoms with Crippen molar-refractivity contribution in [3.63, 3.8) is 0 Å². The summed E-state index contributed by atoms with van der Waals surface area (Å²) in [5.41, 5.74) is 0.832. The third-order valence-electron chi connectivity index (χ3n) is 3.83. The molecule has 8 heteroatoms. The molecule has 0 heterocycles. The number of nitrogens with one attached hydrogen (secondary N) is 2. The highest BCUT2D eigenvalue weighted by atomic mass is 32.2. The van der Waals surface area contributed by atoms with Gasteiger partial charge in [-0.05, 0) is 37.5 Å². The SMILES string of the molecule is CS(=O)(=O)Nc1cccc(NC(=O)C2CCCC(C(=O)O)C2)c1. The van der Waals surface area contributed by atoms with E-state index in [1.54, 1.807) is 18.2 Å². The summed E-state index contributed by atoms with van der Waals surface area (Å²) in [5.74, 6) is -1.90. The lowest BCUT2D eigenvalue weighted by molar-refractivity contribution is -0.143. The maximum Gasteiger partial charge on any atom is 0.306 e. The predicted molar refractivity (Wildman–Crippen MR) is 86.6 cm³/mol. The summed E-state index contributed by atoms with van der Waals surface area (Å²) in [6.45, 7) is 0. The summed E-state index contributed by atoms with van der Waals surface area (Å²) < 4.78 is 24.8. The number of hydrogen-bond acceptors (Lipinski definition) is 4. The molecular formula is C15H20N2O5S. The number of rotatable bonds is 5. The molecule has 1 aliphatic rings. The average Bonchev–Trinajstić information content (AvgIpc) is 2.46. The van der Waals surface area contributed by atoms with Gasteiger partial charge in [-0.15, -0.1) is 0 Å². The number of benzene rings is 1. The Morgan fingerprint density at radius 1 is 1.17 bits per heavy atom. The summed E-state index contributed by atoms with van der Waals surface area (Å²) in [4.78, 5) is 23.4. The molecule has 0 spiro atoms. The molecule has 0 radical (unpaired) electrons. The molecular weight excluding hydrogens is 320 g/mol. The normalized spacial score (nSPS) is 21.4. The third kappa shape index (κ3) is 5.24. The first-order valence-electron chi connectivity index (χ1n) is 7.36. The van der Waals surface area contributed by atoms with E-state index in [1.165, 1.54) is 6.07 Å². The van der Waals surface area contributed by atoms with Crippen LogP contribution < -0.4 is 10.0 Å². The van der Waals surface area contributed by atoms with Crippen LogP contribution in [0.15, 0.2) is 24.3 Å². The van der Waals surface area contributed by atoms with Crippen molar-refractivity contribution in [3.05, 3.63) is 24.3 Å². The van der Waals surface area contributed by atoms with Crippen LogP contribution in [0.4, 0.5) is 11.4 Å². The van der Waals surface area contributed by atoms with Crippen LogP contribution in [0.5, 0.6) is 0 Å². The van der Waals surface area contributed by atoms with Crippen molar-refractivity contribution in [1.82, 2.24) is 0 Å². The molecule has 1 fully saturated rings. The molecule has 1 aliphatic carbocycles. The molecule has 7 nitrogen and oxygen atoms in total. The number of aliphatic carboxylic acids is 1. The minimum Gasteiger partial charge on any atom is -0.481 e. The number of carboxylic acid groups (broad SMARTS) is 1. The van der Waals surface area contributed by atoms with Crippen LogP contribution in [0.3, 0.4) is 0 Å². The monoisotopic (exact) mass is 340 g/mol. The van der Waals surface area contributed by atoms with Crippen molar-refractivity contribution < 1.29 is 23.1 Å². The van der Waals surface area contributed by atoms with Gasteiger partial charge in [0.25, 0.3) is 0 Å². The van der Waals surface area contributed by atoms with Crippen molar-refractivity contribution in [2.24, 2.45) is 11.8 Å². The molecule has 3 N–H and O–H groups in total. The summed E-state index contributed by atoms with van der Waals surface area (Å²) in [6, 6.07) is 6.39. The van der Waals surface area contributed by atoms with Crippen LogP contribution in [0.1, 0.15) is 25.7 Å². The van der Waals surface area contributed by atoms with Gasteiger partial charge in [-0.25, -0.2) is 8.42 Å². The zero-order chi connectivity index (χ0) is 17.0. The van der Waals surface area contributed by atoms with Gasteiger partial charge in [0.1, 0.15) is 0 Å². The fourth-order valence-corrected chi connectivity index (χ4v) is 3.33. The lowest BCUT2D eigenvalue weighted by atomic mass is 9.81. The van der Waals surface area contributed by atoms with Gasteiger partial charge in [0.15, 0.2) is 0 Å². The molecule has 1 saturated carbocycles. The van der Waals surface area contributed by atoms with Crippen molar-refractivity contribution in [3.8, 4) is 0 Å². The molecule has 1 amide bonds. The van der Waals surface area contributed by atoms with Crippen molar-refractivity contribution in [2.45, 2.75) is 25.7 Å². The van der Waals surface area contributed by atoms with E-state index in [4.69, 9.17) is 5.11 Å². The molecule has 1 aromatic carbocycles. The van der Waals surface area contributed by atoms with Crippen LogP contribution in [0.2, 0.25) is 0 Å². The fourth-order valence-electron chi connectivity index (χ4n) is 2.77. The van der Waals surface area contributed by atoms with Crippen LogP contribution >= 0.6 is 0 Å². The topological polar surface area (TPSA) is 113 Å². The average molecular weight is 340 g/mol. The van der Waals surface area contributed by atoms with E-state index in [0.29, 0.717) is 37.1 Å². The number of amides is 1. The number of carbonyl (C=O) groups is 2. The molecule has 0 bridgehead atoms. The van der Waals surface area contributed by atoms with E-state index >= 15 is 0 Å². The van der Waals surface area contributed by atoms with Crippen LogP contribution in [-0.4, -0.2) is 31.7 Å². The molecule has 0 saturated heterocycles. The largest absolute Gasteiger partial charge is 0.481 e. The smallest absolute Gasteiger partial charge is 0.306 e. The first-order chi connectivity index (χ1) is 10.7. The molecule has 2 atom stereocenters. The zero-order valence-corrected chi connectivity index (χ0v) is 13.6. The Bertz CT molecular complexity index is 702. The highest BCUT2D eigenvalue weighted by molar-refractivity contribution is 7.92. The first-order valence-corrected chi connectivity index (χ1v) is 9.25. The highest BCUT2D eigenvalue weighted by Gasteiger charge is 2.31. The second kappa shape index (κ2) is 6.99. The second-order valence-electron chi connectivity index (χ2n) is 5.84. The molecule has 1 aromatic rings. The first kappa shape index (κ1) is 17.3. The van der Waals surface area contributed by atoms with Gasteiger partial charge < -0.3 is 10.4 Å². The molecule has 2 rings (SSSR count). The highest BCUT2D eigenvalue weighted by Crippen LogP contribution is 2.30. The van der Waals surface area contributed by atoms with Crippen molar-refractivity contribution in [2.75, 3.05) is 16.3 Å². The molecule has 126 valence electrons. The number of sulfonamides is 1. The van der Waals surface area contributed by atoms with Gasteiger partial charge in [0, 0.05) is 11.6 Å². The van der Waals surface area contributed by atoms with Crippen LogP contribution in [0.25, 0.3) is 0 Å². The third-order valence-corrected chi connectivity index (χ3v) is 4.43. The summed E-state index contributed by atoms with van der Waals surface area (Å²) in [7, 11) is -3.39. The second-order valence-corrected chi connectivity index (χ2v) is 7.59. The van der Waals surface area contributed by atoms with Gasteiger partial charge in [-0.1, -0.05) is 12.5 Å². The van der Waals surface area contributed by atoms with Gasteiger partial charge >= 0.3 is 5.97 Å². The van der Waals surface area contributed by atoms with Crippen LogP contribution in [0, 0.1) is 11.8 Å². The van der Waals surface area contributed by atoms with E-state index < -0.39 is 21.9 Å². The quantitative estimate of drug-likeness (QED) is 0.757. The van der Waals surface area contributed by atoms with Gasteiger partial charge in [0.2, 0.25) is 15.9 Å². The molecule has 23 heavy (non-hydrogen) atoms. The Balaban J connectivity index is 2.02. The van der Waals surface area contributed by atoms with Crippen molar-refractivity contribution in [1.29, 1.82) is 0 Å². The lowest BCUT2D eigenvalue weighted by Gasteiger charge is -2.25. The maximum absolute atomic E-state index is 12.3. The number of carboxylic acids is 1. The predicted octanol–water partition coefficient (Wildman–Crippen LogP) is 1.89. The minimum absolute atomic E-state index is 0.229. The Kier molecular flexibility index (Phi) is 5.25. The number of anilines is 2. The Morgan fingerprint density at radius 2 is 1.83 bits per heavy atom. The van der Waals surface area contributed by atoms with E-state index in [2.05, 4.69) is 10.0 Å². The lowest BCUT2D eigenvalue weighted by Crippen LogP contribution is -2.30. The van der Waals surface area contributed by atoms with Crippen LogP contribution in [-0.2, 0) is 19.6 Å². The number of carbonyl (C=O) groups excluding carboxylic acids is 1. The van der Waals surface area contributed by atoms with E-state index in [0.717, 1.165) is 6.26 Å². The Hall–Kier alpha value is -2.09. The van der Waals surface area contributed by atoms with E-state index in [9.17, 15) is 18.0 Å². The Morgan fingerprint density at radius 3 is 2.48 bits per heavy atom. The molecule has 2 unspecified atom stereocenters. The fraction of sp³-hybridized carbons (Fsp3) is 0.467. The van der Waals surface area contributed by atoms with E-state index in [-0.39, 0.29) is 11.8 Å². The van der Waals surface area contributed by atoms with Crippen molar-refractivity contribution >= 4 is 33.3 Å². The number of hydrogen-bond donors (Lipinski definition) is 3. The summed E-state index contributed by atoms with van der Waals surface area (Å²) in [5, 5.41) is 11.8. The summed E-state index contributed by atoms with van der Waals surface area (Å²) >= 11 is 0.